The maximum atomic E-state index is 11.8. The van der Waals surface area contributed by atoms with Crippen molar-refractivity contribution in [1.29, 1.82) is 0 Å². The molecule has 0 aliphatic rings. The second kappa shape index (κ2) is 5.58. The summed E-state index contributed by atoms with van der Waals surface area (Å²) in [5, 5.41) is 0. The number of benzene rings is 1. The molecule has 0 atom stereocenters. The van der Waals surface area contributed by atoms with Gasteiger partial charge in [-0.3, -0.25) is 4.79 Å². The van der Waals surface area contributed by atoms with Crippen LogP contribution in [0.2, 0.25) is 0 Å². The lowest BCUT2D eigenvalue weighted by molar-refractivity contribution is -0.186. The van der Waals surface area contributed by atoms with Gasteiger partial charge < -0.3 is 20.9 Å². The number of nitrogen functional groups attached to an aromatic ring is 1. The van der Waals surface area contributed by atoms with E-state index < -0.39 is 25.5 Å². The van der Waals surface area contributed by atoms with Crippen LogP contribution in [0.25, 0.3) is 0 Å². The number of anilines is 1. The van der Waals surface area contributed by atoms with Crippen molar-refractivity contribution in [2.75, 3.05) is 19.1 Å². The lowest BCUT2D eigenvalue weighted by Gasteiger charge is -2.11. The third-order valence-electron chi connectivity index (χ3n) is 1.83. The second-order valence-electron chi connectivity index (χ2n) is 3.35. The molecule has 1 rings (SSSR count). The molecule has 0 unspecified atom stereocenters. The van der Waals surface area contributed by atoms with Gasteiger partial charge in [0.15, 0.2) is 6.79 Å². The third kappa shape index (κ3) is 4.50. The van der Waals surface area contributed by atoms with Crippen molar-refractivity contribution < 1.29 is 27.4 Å². The smallest absolute Gasteiger partial charge is 0.411 e. The van der Waals surface area contributed by atoms with Crippen molar-refractivity contribution in [2.24, 2.45) is 5.73 Å². The fraction of sp³-hybridized carbons (Fsp3) is 0.300. The fourth-order valence-corrected chi connectivity index (χ4v) is 1.12. The van der Waals surface area contributed by atoms with Crippen LogP contribution < -0.4 is 16.2 Å². The zero-order valence-corrected chi connectivity index (χ0v) is 9.16. The molecule has 0 aliphatic carbocycles. The molecule has 0 heterocycles. The van der Waals surface area contributed by atoms with Gasteiger partial charge in [0.2, 0.25) is 0 Å². The first-order valence-corrected chi connectivity index (χ1v) is 4.76. The number of ether oxygens (including phenoxy) is 2. The Kier molecular flexibility index (Phi) is 4.38. The highest BCUT2D eigenvalue weighted by molar-refractivity contribution is 5.96. The van der Waals surface area contributed by atoms with Gasteiger partial charge in [-0.15, -0.1) is 0 Å². The highest BCUT2D eigenvalue weighted by Crippen LogP contribution is 2.22. The number of alkyl halides is 3. The van der Waals surface area contributed by atoms with E-state index in [2.05, 4.69) is 4.74 Å². The Labute approximate surface area is 100 Å². The van der Waals surface area contributed by atoms with Gasteiger partial charge in [-0.25, -0.2) is 0 Å². The SMILES string of the molecule is NC(=O)c1ccc(N)cc1OCOCC(F)(F)F. The minimum Gasteiger partial charge on any atom is -0.467 e. The average molecular weight is 264 g/mol. The summed E-state index contributed by atoms with van der Waals surface area (Å²) in [5.41, 5.74) is 10.8. The maximum Gasteiger partial charge on any atom is 0.411 e. The Bertz CT molecular complexity index is 435. The predicted molar refractivity (Wildman–Crippen MR) is 56.9 cm³/mol. The molecular formula is C10H11F3N2O3. The van der Waals surface area contributed by atoms with E-state index in [-0.39, 0.29) is 17.0 Å². The van der Waals surface area contributed by atoms with Crippen LogP contribution in [0.3, 0.4) is 0 Å². The second-order valence-corrected chi connectivity index (χ2v) is 3.35. The predicted octanol–water partition coefficient (Wildman–Crippen LogP) is 1.28. The number of carbonyl (C=O) groups is 1. The van der Waals surface area contributed by atoms with Gasteiger partial charge in [-0.1, -0.05) is 0 Å². The molecule has 0 saturated carbocycles. The summed E-state index contributed by atoms with van der Waals surface area (Å²) >= 11 is 0. The molecule has 0 spiro atoms. The molecule has 0 aromatic heterocycles. The van der Waals surface area contributed by atoms with Crippen molar-refractivity contribution >= 4 is 11.6 Å². The molecule has 4 N–H and O–H groups in total. The topological polar surface area (TPSA) is 87.6 Å². The van der Waals surface area contributed by atoms with Crippen LogP contribution in [-0.2, 0) is 4.74 Å². The minimum atomic E-state index is -4.44. The van der Waals surface area contributed by atoms with Gasteiger partial charge in [-0.2, -0.15) is 13.2 Å². The first-order chi connectivity index (χ1) is 8.29. The molecule has 1 aromatic carbocycles. The largest absolute Gasteiger partial charge is 0.467 e. The fourth-order valence-electron chi connectivity index (χ4n) is 1.12. The van der Waals surface area contributed by atoms with E-state index in [0.29, 0.717) is 0 Å². The molecule has 0 bridgehead atoms. The quantitative estimate of drug-likeness (QED) is 0.476. The molecule has 1 amide bonds. The Hall–Kier alpha value is -1.96. The van der Waals surface area contributed by atoms with E-state index in [1.165, 1.54) is 18.2 Å². The van der Waals surface area contributed by atoms with Crippen molar-refractivity contribution in [1.82, 2.24) is 0 Å². The Morgan fingerprint density at radius 2 is 2.00 bits per heavy atom. The van der Waals surface area contributed by atoms with E-state index in [1.807, 2.05) is 0 Å². The molecule has 5 nitrogen and oxygen atoms in total. The monoisotopic (exact) mass is 264 g/mol. The van der Waals surface area contributed by atoms with E-state index in [1.54, 1.807) is 0 Å². The summed E-state index contributed by atoms with van der Waals surface area (Å²) in [4.78, 5) is 11.0. The minimum absolute atomic E-state index is 0.0137. The van der Waals surface area contributed by atoms with Gasteiger partial charge in [0.1, 0.15) is 12.4 Å². The summed E-state index contributed by atoms with van der Waals surface area (Å²) in [5.74, 6) is -0.800. The molecule has 0 saturated heterocycles. The molecule has 18 heavy (non-hydrogen) atoms. The first-order valence-electron chi connectivity index (χ1n) is 4.76. The zero-order valence-electron chi connectivity index (χ0n) is 9.16. The van der Waals surface area contributed by atoms with E-state index in [0.717, 1.165) is 0 Å². The molecule has 0 fully saturated rings. The summed E-state index contributed by atoms with van der Waals surface area (Å²) in [6.07, 6.45) is -4.44. The van der Waals surface area contributed by atoms with Crippen LogP contribution in [0.1, 0.15) is 10.4 Å². The van der Waals surface area contributed by atoms with Crippen LogP contribution in [0.4, 0.5) is 18.9 Å². The van der Waals surface area contributed by atoms with Crippen LogP contribution in [-0.4, -0.2) is 25.5 Å². The van der Waals surface area contributed by atoms with Crippen molar-refractivity contribution in [3.05, 3.63) is 23.8 Å². The normalized spacial score (nSPS) is 11.3. The molecule has 8 heteroatoms. The molecular weight excluding hydrogens is 253 g/mol. The first kappa shape index (κ1) is 14.1. The van der Waals surface area contributed by atoms with Crippen LogP contribution in [0.15, 0.2) is 18.2 Å². The van der Waals surface area contributed by atoms with Crippen molar-refractivity contribution in [3.8, 4) is 5.75 Å². The number of nitrogens with two attached hydrogens (primary N) is 2. The van der Waals surface area contributed by atoms with Gasteiger partial charge in [-0.05, 0) is 12.1 Å². The molecule has 100 valence electrons. The molecule has 1 aromatic rings. The van der Waals surface area contributed by atoms with Gasteiger partial charge >= 0.3 is 6.18 Å². The van der Waals surface area contributed by atoms with Gasteiger partial charge in [0.05, 0.1) is 5.56 Å². The Morgan fingerprint density at radius 3 is 2.56 bits per heavy atom. The van der Waals surface area contributed by atoms with Gasteiger partial charge in [0.25, 0.3) is 5.91 Å². The lowest BCUT2D eigenvalue weighted by Crippen LogP contribution is -2.20. The number of primary amides is 1. The zero-order chi connectivity index (χ0) is 13.8. The van der Waals surface area contributed by atoms with Crippen molar-refractivity contribution in [3.63, 3.8) is 0 Å². The highest BCUT2D eigenvalue weighted by Gasteiger charge is 2.27. The summed E-state index contributed by atoms with van der Waals surface area (Å²) in [6, 6.07) is 4.01. The molecule has 0 aliphatic heterocycles. The summed E-state index contributed by atoms with van der Waals surface area (Å²) in [7, 11) is 0. The van der Waals surface area contributed by atoms with Crippen molar-refractivity contribution in [2.45, 2.75) is 6.18 Å². The Morgan fingerprint density at radius 1 is 1.33 bits per heavy atom. The third-order valence-corrected chi connectivity index (χ3v) is 1.83. The Balaban J connectivity index is 2.61. The van der Waals surface area contributed by atoms with Crippen LogP contribution in [0, 0.1) is 0 Å². The lowest BCUT2D eigenvalue weighted by atomic mass is 10.2. The summed E-state index contributed by atoms with van der Waals surface area (Å²) < 4.78 is 44.4. The number of hydrogen-bond donors (Lipinski definition) is 2. The number of amides is 1. The highest BCUT2D eigenvalue weighted by atomic mass is 19.4. The van der Waals surface area contributed by atoms with Crippen LogP contribution in [0.5, 0.6) is 5.75 Å². The molecule has 0 radical (unpaired) electrons. The summed E-state index contributed by atoms with van der Waals surface area (Å²) in [6.45, 7) is -2.11. The van der Waals surface area contributed by atoms with E-state index in [9.17, 15) is 18.0 Å². The van der Waals surface area contributed by atoms with E-state index >= 15 is 0 Å². The standard InChI is InChI=1S/C10H11F3N2O3/c11-10(12,13)4-17-5-18-8-3-6(14)1-2-7(8)9(15)16/h1-3H,4-5,14H2,(H2,15,16). The maximum absolute atomic E-state index is 11.8. The number of halogens is 3. The van der Waals surface area contributed by atoms with E-state index in [4.69, 9.17) is 16.2 Å². The number of carbonyl (C=O) groups excluding carboxylic acids is 1. The number of rotatable bonds is 5. The average Bonchev–Trinajstić information content (AvgIpc) is 2.22. The number of hydrogen-bond acceptors (Lipinski definition) is 4. The van der Waals surface area contributed by atoms with Crippen LogP contribution >= 0.6 is 0 Å². The van der Waals surface area contributed by atoms with Gasteiger partial charge in [0, 0.05) is 11.8 Å².